The minimum Gasteiger partial charge on any atom is -0.465 e. The maximum absolute atomic E-state index is 12.0. The predicted molar refractivity (Wildman–Crippen MR) is 85.7 cm³/mol. The Kier molecular flexibility index (Phi) is 8.29. The van der Waals surface area contributed by atoms with Gasteiger partial charge in [0.25, 0.3) is 0 Å². The van der Waals surface area contributed by atoms with E-state index in [1.54, 1.807) is 38.1 Å². The number of esters is 2. The predicted octanol–water partition coefficient (Wildman–Crippen LogP) is 1.58. The summed E-state index contributed by atoms with van der Waals surface area (Å²) in [6.45, 7) is 5.67. The van der Waals surface area contributed by atoms with Crippen LogP contribution in [0, 0.1) is 0 Å². The van der Waals surface area contributed by atoms with Gasteiger partial charge in [0.2, 0.25) is 0 Å². The maximum Gasteiger partial charge on any atom is 0.336 e. The molecule has 23 heavy (non-hydrogen) atoms. The summed E-state index contributed by atoms with van der Waals surface area (Å²) in [5.41, 5.74) is 0.691. The average Bonchev–Trinajstić information content (AvgIpc) is 2.56. The van der Waals surface area contributed by atoms with Crippen molar-refractivity contribution in [2.24, 2.45) is 0 Å². The maximum atomic E-state index is 12.0. The molecule has 0 saturated heterocycles. The van der Waals surface area contributed by atoms with Crippen LogP contribution in [0.1, 0.15) is 38.8 Å². The average molecular weight is 323 g/mol. The van der Waals surface area contributed by atoms with Gasteiger partial charge in [-0.15, -0.1) is 0 Å². The van der Waals surface area contributed by atoms with Gasteiger partial charge in [-0.25, -0.2) is 4.79 Å². The van der Waals surface area contributed by atoms with Crippen LogP contribution in [0.15, 0.2) is 30.3 Å². The lowest BCUT2D eigenvalue weighted by Gasteiger charge is -2.27. The summed E-state index contributed by atoms with van der Waals surface area (Å²) < 4.78 is 9.90. The number of ether oxygens (including phenoxy) is 2. The minimum absolute atomic E-state index is 0.173. The van der Waals surface area contributed by atoms with E-state index >= 15 is 0 Å². The van der Waals surface area contributed by atoms with Crippen molar-refractivity contribution in [2.45, 2.75) is 45.4 Å². The quantitative estimate of drug-likeness (QED) is 0.671. The van der Waals surface area contributed by atoms with Crippen LogP contribution in [0.4, 0.5) is 0 Å². The lowest BCUT2D eigenvalue weighted by Crippen LogP contribution is -2.46. The number of carbonyl (C=O) groups is 2. The molecule has 0 saturated carbocycles. The summed E-state index contributed by atoms with van der Waals surface area (Å²) in [5, 5.41) is 13.3. The molecule has 0 aliphatic heterocycles. The van der Waals surface area contributed by atoms with Crippen LogP contribution in [0.3, 0.4) is 0 Å². The van der Waals surface area contributed by atoms with E-state index in [1.165, 1.54) is 0 Å². The van der Waals surface area contributed by atoms with Gasteiger partial charge in [0, 0.05) is 0 Å². The van der Waals surface area contributed by atoms with Crippen LogP contribution in [-0.2, 0) is 19.1 Å². The number of hydrogen-bond acceptors (Lipinski definition) is 6. The summed E-state index contributed by atoms with van der Waals surface area (Å²) in [6.07, 6.45) is -0.946. The molecule has 1 aromatic rings. The highest BCUT2D eigenvalue weighted by molar-refractivity contribution is 5.77. The van der Waals surface area contributed by atoms with Crippen molar-refractivity contribution in [3.8, 4) is 0 Å². The second-order valence-electron chi connectivity index (χ2n) is 4.96. The first kappa shape index (κ1) is 19.1. The highest BCUT2D eigenvalue weighted by Gasteiger charge is 2.32. The van der Waals surface area contributed by atoms with Crippen molar-refractivity contribution in [3.05, 3.63) is 35.9 Å². The van der Waals surface area contributed by atoms with E-state index in [9.17, 15) is 14.7 Å². The third-order valence-corrected chi connectivity index (χ3v) is 3.36. The molecule has 0 aliphatic rings. The van der Waals surface area contributed by atoms with E-state index in [1.807, 2.05) is 13.0 Å². The molecule has 0 amide bonds. The molecule has 0 bridgehead atoms. The van der Waals surface area contributed by atoms with Gasteiger partial charge in [0.05, 0.1) is 19.3 Å². The first-order chi connectivity index (χ1) is 11.0. The molecule has 0 aliphatic carbocycles. The van der Waals surface area contributed by atoms with Crippen LogP contribution in [0.25, 0.3) is 0 Å². The molecule has 2 N–H and O–H groups in total. The number of benzene rings is 1. The van der Waals surface area contributed by atoms with E-state index in [0.29, 0.717) is 12.0 Å². The number of aliphatic hydroxyl groups excluding tert-OH is 1. The van der Waals surface area contributed by atoms with Crippen molar-refractivity contribution < 1.29 is 24.2 Å². The van der Waals surface area contributed by atoms with Crippen LogP contribution in [0.5, 0.6) is 0 Å². The molecular formula is C17H25NO5. The van der Waals surface area contributed by atoms with E-state index in [-0.39, 0.29) is 13.2 Å². The summed E-state index contributed by atoms with van der Waals surface area (Å²) in [4.78, 5) is 23.9. The largest absolute Gasteiger partial charge is 0.465 e. The van der Waals surface area contributed by atoms with Crippen molar-refractivity contribution in [1.82, 2.24) is 5.32 Å². The molecule has 1 aromatic carbocycles. The molecule has 128 valence electrons. The first-order valence-electron chi connectivity index (χ1n) is 7.87. The summed E-state index contributed by atoms with van der Waals surface area (Å²) >= 11 is 0. The Bertz CT molecular complexity index is 491. The monoisotopic (exact) mass is 323 g/mol. The van der Waals surface area contributed by atoms with Gasteiger partial charge < -0.3 is 14.6 Å². The van der Waals surface area contributed by atoms with E-state index in [2.05, 4.69) is 5.32 Å². The number of nitrogens with one attached hydrogen (secondary N) is 1. The van der Waals surface area contributed by atoms with Crippen LogP contribution in [0.2, 0.25) is 0 Å². The number of rotatable bonds is 9. The van der Waals surface area contributed by atoms with Gasteiger partial charge >= 0.3 is 11.9 Å². The van der Waals surface area contributed by atoms with Crippen LogP contribution < -0.4 is 5.32 Å². The van der Waals surface area contributed by atoms with Gasteiger partial charge in [0.15, 0.2) is 6.10 Å². The first-order valence-corrected chi connectivity index (χ1v) is 7.87. The highest BCUT2D eigenvalue weighted by Crippen LogP contribution is 2.20. The second kappa shape index (κ2) is 9.97. The van der Waals surface area contributed by atoms with E-state index < -0.39 is 30.1 Å². The fourth-order valence-corrected chi connectivity index (χ4v) is 2.21. The van der Waals surface area contributed by atoms with Crippen molar-refractivity contribution in [2.75, 3.05) is 13.2 Å². The molecule has 3 atom stereocenters. The van der Waals surface area contributed by atoms with Crippen LogP contribution >= 0.6 is 0 Å². The summed E-state index contributed by atoms with van der Waals surface area (Å²) in [7, 11) is 0. The van der Waals surface area contributed by atoms with Gasteiger partial charge in [0.1, 0.15) is 6.04 Å². The molecular weight excluding hydrogens is 298 g/mol. The normalized spacial score (nSPS) is 14.6. The van der Waals surface area contributed by atoms with Crippen LogP contribution in [-0.4, -0.2) is 42.4 Å². The van der Waals surface area contributed by atoms with Crippen molar-refractivity contribution in [3.63, 3.8) is 0 Å². The molecule has 6 nitrogen and oxygen atoms in total. The standard InChI is InChI=1S/C17H25NO5/c1-4-13(16(20)22-5-2)18-14(12-10-8-7-9-11-12)15(19)17(21)23-6-3/h7-11,13-15,18-19H,4-6H2,1-3H3/t13?,14-,15-/m1/s1. The number of aliphatic hydroxyl groups is 1. The van der Waals surface area contributed by atoms with Gasteiger partial charge in [-0.1, -0.05) is 37.3 Å². The van der Waals surface area contributed by atoms with Crippen molar-refractivity contribution in [1.29, 1.82) is 0 Å². The molecule has 0 aromatic heterocycles. The molecule has 0 spiro atoms. The lowest BCUT2D eigenvalue weighted by atomic mass is 9.99. The van der Waals surface area contributed by atoms with Gasteiger partial charge in [-0.05, 0) is 25.8 Å². The fourth-order valence-electron chi connectivity index (χ4n) is 2.21. The summed E-state index contributed by atoms with van der Waals surface area (Å²) in [5.74, 6) is -1.14. The Morgan fingerprint density at radius 2 is 1.61 bits per heavy atom. The molecule has 1 rings (SSSR count). The topological polar surface area (TPSA) is 84.9 Å². The van der Waals surface area contributed by atoms with Crippen molar-refractivity contribution >= 4 is 11.9 Å². The zero-order chi connectivity index (χ0) is 17.2. The molecule has 0 radical (unpaired) electrons. The molecule has 6 heteroatoms. The number of carbonyl (C=O) groups excluding carboxylic acids is 2. The second-order valence-corrected chi connectivity index (χ2v) is 4.96. The molecule has 1 unspecified atom stereocenters. The smallest absolute Gasteiger partial charge is 0.336 e. The SMILES string of the molecule is CCOC(=O)C(CC)N[C@H](c1ccccc1)[C@@H](O)C(=O)OCC. The molecule has 0 heterocycles. The Morgan fingerprint density at radius 3 is 2.13 bits per heavy atom. The highest BCUT2D eigenvalue weighted by atomic mass is 16.5. The van der Waals surface area contributed by atoms with E-state index in [4.69, 9.17) is 9.47 Å². The Morgan fingerprint density at radius 1 is 1.04 bits per heavy atom. The third kappa shape index (κ3) is 5.65. The molecule has 0 fully saturated rings. The Hall–Kier alpha value is -1.92. The summed E-state index contributed by atoms with van der Waals surface area (Å²) in [6, 6.07) is 7.60. The Balaban J connectivity index is 2.99. The van der Waals surface area contributed by atoms with E-state index in [0.717, 1.165) is 0 Å². The minimum atomic E-state index is -1.42. The van der Waals surface area contributed by atoms with Gasteiger partial charge in [-0.3, -0.25) is 10.1 Å². The zero-order valence-corrected chi connectivity index (χ0v) is 13.8. The third-order valence-electron chi connectivity index (χ3n) is 3.36. The van der Waals surface area contributed by atoms with Gasteiger partial charge in [-0.2, -0.15) is 0 Å². The Labute approximate surface area is 136 Å². The lowest BCUT2D eigenvalue weighted by molar-refractivity contribution is -0.156. The number of hydrogen-bond donors (Lipinski definition) is 2. The fraction of sp³-hybridized carbons (Fsp3) is 0.529. The zero-order valence-electron chi connectivity index (χ0n) is 13.8.